The van der Waals surface area contributed by atoms with Crippen LogP contribution in [-0.2, 0) is 19.7 Å². The smallest absolute Gasteiger partial charge is 0.325 e. The maximum atomic E-state index is 12.2. The second kappa shape index (κ2) is 6.57. The summed E-state index contributed by atoms with van der Waals surface area (Å²) < 4.78 is 4.49. The van der Waals surface area contributed by atoms with Crippen molar-refractivity contribution in [1.29, 1.82) is 0 Å². The van der Waals surface area contributed by atoms with E-state index in [1.165, 1.54) is 7.11 Å². The van der Waals surface area contributed by atoms with Gasteiger partial charge >= 0.3 is 5.97 Å². The van der Waals surface area contributed by atoms with Crippen LogP contribution in [0.3, 0.4) is 0 Å². The molecular formula is C14H18ClNO3. The van der Waals surface area contributed by atoms with E-state index in [1.807, 2.05) is 44.2 Å². The van der Waals surface area contributed by atoms with Gasteiger partial charge in [0.15, 0.2) is 0 Å². The van der Waals surface area contributed by atoms with Crippen LogP contribution in [-0.4, -0.2) is 30.9 Å². The molecule has 1 unspecified atom stereocenters. The van der Waals surface area contributed by atoms with Crippen molar-refractivity contribution in [2.45, 2.75) is 24.6 Å². The average Bonchev–Trinajstić information content (AvgIpc) is 2.44. The molecule has 1 aromatic carbocycles. The van der Waals surface area contributed by atoms with Gasteiger partial charge in [-0.25, -0.2) is 0 Å². The van der Waals surface area contributed by atoms with Crippen LogP contribution in [0.5, 0.6) is 0 Å². The first-order valence-electron chi connectivity index (χ1n) is 5.95. The third-order valence-corrected chi connectivity index (χ3v) is 3.29. The van der Waals surface area contributed by atoms with Crippen LogP contribution in [0.1, 0.15) is 19.4 Å². The fourth-order valence-electron chi connectivity index (χ4n) is 1.60. The SMILES string of the molecule is COC(=O)C(Cl)CNC(=O)C(C)(C)c1ccccc1. The summed E-state index contributed by atoms with van der Waals surface area (Å²) in [6, 6.07) is 9.42. The van der Waals surface area contributed by atoms with Gasteiger partial charge in [0.05, 0.1) is 12.5 Å². The number of hydrogen-bond acceptors (Lipinski definition) is 3. The Bertz CT molecular complexity index is 445. The Labute approximate surface area is 118 Å². The summed E-state index contributed by atoms with van der Waals surface area (Å²) in [5, 5.41) is 1.79. The minimum atomic E-state index is -0.875. The van der Waals surface area contributed by atoms with Crippen LogP contribution in [0, 0.1) is 0 Å². The summed E-state index contributed by atoms with van der Waals surface area (Å²) in [4.78, 5) is 23.3. The fraction of sp³-hybridized carbons (Fsp3) is 0.429. The van der Waals surface area contributed by atoms with E-state index in [9.17, 15) is 9.59 Å². The maximum absolute atomic E-state index is 12.2. The predicted octanol–water partition coefficient (Wildman–Crippen LogP) is 1.86. The van der Waals surface area contributed by atoms with E-state index in [0.29, 0.717) is 0 Å². The number of methoxy groups -OCH3 is 1. The van der Waals surface area contributed by atoms with Crippen molar-refractivity contribution in [3.8, 4) is 0 Å². The second-order valence-corrected chi connectivity index (χ2v) is 5.22. The number of benzene rings is 1. The molecule has 1 atom stereocenters. The van der Waals surface area contributed by atoms with E-state index in [-0.39, 0.29) is 12.5 Å². The van der Waals surface area contributed by atoms with Gasteiger partial charge in [-0.3, -0.25) is 9.59 Å². The molecule has 0 saturated carbocycles. The molecule has 19 heavy (non-hydrogen) atoms. The second-order valence-electron chi connectivity index (χ2n) is 4.69. The van der Waals surface area contributed by atoms with Gasteiger partial charge < -0.3 is 10.1 Å². The molecule has 0 aromatic heterocycles. The van der Waals surface area contributed by atoms with Crippen molar-refractivity contribution in [2.75, 3.05) is 13.7 Å². The van der Waals surface area contributed by atoms with Gasteiger partial charge in [-0.2, -0.15) is 0 Å². The minimum Gasteiger partial charge on any atom is -0.468 e. The van der Waals surface area contributed by atoms with Crippen molar-refractivity contribution >= 4 is 23.5 Å². The molecular weight excluding hydrogens is 266 g/mol. The highest BCUT2D eigenvalue weighted by atomic mass is 35.5. The first kappa shape index (κ1) is 15.5. The normalized spacial score (nSPS) is 12.6. The Kier molecular flexibility index (Phi) is 5.36. The summed E-state index contributed by atoms with van der Waals surface area (Å²) in [5.74, 6) is -0.743. The van der Waals surface area contributed by atoms with E-state index in [4.69, 9.17) is 11.6 Å². The van der Waals surface area contributed by atoms with Crippen LogP contribution in [0.25, 0.3) is 0 Å². The molecule has 0 aliphatic rings. The highest BCUT2D eigenvalue weighted by molar-refractivity contribution is 6.30. The summed E-state index contributed by atoms with van der Waals surface area (Å²) in [5.41, 5.74) is 0.213. The molecule has 1 amide bonds. The predicted molar refractivity (Wildman–Crippen MR) is 74.1 cm³/mol. The highest BCUT2D eigenvalue weighted by Crippen LogP contribution is 2.22. The molecule has 1 aromatic rings. The van der Waals surface area contributed by atoms with Gasteiger partial charge in [0, 0.05) is 6.54 Å². The van der Waals surface area contributed by atoms with Crippen LogP contribution < -0.4 is 5.32 Å². The molecule has 1 rings (SSSR count). The van der Waals surface area contributed by atoms with E-state index in [1.54, 1.807) is 0 Å². The van der Waals surface area contributed by atoms with Gasteiger partial charge in [0.2, 0.25) is 5.91 Å². The topological polar surface area (TPSA) is 55.4 Å². The Morgan fingerprint density at radius 1 is 1.32 bits per heavy atom. The molecule has 0 spiro atoms. The third-order valence-electron chi connectivity index (χ3n) is 2.96. The number of ether oxygens (including phenoxy) is 1. The zero-order valence-corrected chi connectivity index (χ0v) is 12.0. The minimum absolute atomic E-state index is 0.0450. The van der Waals surface area contributed by atoms with Crippen molar-refractivity contribution in [3.05, 3.63) is 35.9 Å². The summed E-state index contributed by atoms with van der Waals surface area (Å²) in [6.45, 7) is 3.68. The standard InChI is InChI=1S/C14H18ClNO3/c1-14(2,10-7-5-4-6-8-10)13(18)16-9-11(15)12(17)19-3/h4-8,11H,9H2,1-3H3,(H,16,18). The van der Waals surface area contributed by atoms with Crippen LogP contribution in [0.2, 0.25) is 0 Å². The zero-order chi connectivity index (χ0) is 14.5. The van der Waals surface area contributed by atoms with Gasteiger partial charge in [-0.15, -0.1) is 11.6 Å². The number of esters is 1. The van der Waals surface area contributed by atoms with Gasteiger partial charge in [-0.1, -0.05) is 30.3 Å². The number of nitrogens with one attached hydrogen (secondary N) is 1. The van der Waals surface area contributed by atoms with Crippen molar-refractivity contribution in [3.63, 3.8) is 0 Å². The van der Waals surface area contributed by atoms with Crippen molar-refractivity contribution in [1.82, 2.24) is 5.32 Å². The summed E-state index contributed by atoms with van der Waals surface area (Å²) in [6.07, 6.45) is 0. The lowest BCUT2D eigenvalue weighted by Gasteiger charge is -2.24. The van der Waals surface area contributed by atoms with E-state index in [0.717, 1.165) is 5.56 Å². The van der Waals surface area contributed by atoms with Crippen LogP contribution in [0.15, 0.2) is 30.3 Å². The fourth-order valence-corrected chi connectivity index (χ4v) is 1.77. The van der Waals surface area contributed by atoms with Gasteiger partial charge in [0.1, 0.15) is 5.38 Å². The number of rotatable bonds is 5. The van der Waals surface area contributed by atoms with Crippen molar-refractivity contribution < 1.29 is 14.3 Å². The molecule has 1 N–H and O–H groups in total. The number of halogens is 1. The molecule has 0 aliphatic carbocycles. The zero-order valence-electron chi connectivity index (χ0n) is 11.3. The van der Waals surface area contributed by atoms with Crippen LogP contribution >= 0.6 is 11.6 Å². The Morgan fingerprint density at radius 2 is 1.89 bits per heavy atom. The largest absolute Gasteiger partial charge is 0.468 e. The molecule has 5 heteroatoms. The molecule has 0 radical (unpaired) electrons. The molecule has 0 heterocycles. The molecule has 0 fully saturated rings. The molecule has 0 bridgehead atoms. The lowest BCUT2D eigenvalue weighted by atomic mass is 9.84. The van der Waals surface area contributed by atoms with E-state index >= 15 is 0 Å². The Balaban J connectivity index is 2.65. The quantitative estimate of drug-likeness (QED) is 0.663. The average molecular weight is 284 g/mol. The highest BCUT2D eigenvalue weighted by Gasteiger charge is 2.30. The van der Waals surface area contributed by atoms with Crippen molar-refractivity contribution in [2.24, 2.45) is 0 Å². The molecule has 0 saturated heterocycles. The molecule has 4 nitrogen and oxygen atoms in total. The first-order chi connectivity index (χ1) is 8.89. The van der Waals surface area contributed by atoms with E-state index in [2.05, 4.69) is 10.1 Å². The number of alkyl halides is 1. The van der Waals surface area contributed by atoms with E-state index < -0.39 is 16.8 Å². The van der Waals surface area contributed by atoms with Gasteiger partial charge in [0.25, 0.3) is 0 Å². The maximum Gasteiger partial charge on any atom is 0.325 e. The number of amides is 1. The Morgan fingerprint density at radius 3 is 2.42 bits per heavy atom. The third kappa shape index (κ3) is 3.96. The lowest BCUT2D eigenvalue weighted by molar-refractivity contribution is -0.140. The molecule has 104 valence electrons. The van der Waals surface area contributed by atoms with Gasteiger partial charge in [-0.05, 0) is 19.4 Å². The monoisotopic (exact) mass is 283 g/mol. The number of carbonyl (C=O) groups is 2. The summed E-state index contributed by atoms with van der Waals surface area (Å²) in [7, 11) is 1.26. The molecule has 0 aliphatic heterocycles. The number of carbonyl (C=O) groups excluding carboxylic acids is 2. The first-order valence-corrected chi connectivity index (χ1v) is 6.39. The summed E-state index contributed by atoms with van der Waals surface area (Å²) >= 11 is 5.78. The van der Waals surface area contributed by atoms with Crippen LogP contribution in [0.4, 0.5) is 0 Å². The lowest BCUT2D eigenvalue weighted by Crippen LogP contribution is -2.43. The number of hydrogen-bond donors (Lipinski definition) is 1. The Hall–Kier alpha value is -1.55.